The Morgan fingerprint density at radius 3 is 2.56 bits per heavy atom. The molecule has 0 aliphatic carbocycles. The summed E-state index contributed by atoms with van der Waals surface area (Å²) < 4.78 is 6.68. The second-order valence-electron chi connectivity index (χ2n) is 8.55. The first-order valence-corrected chi connectivity index (χ1v) is 12.3. The van der Waals surface area contributed by atoms with Gasteiger partial charge in [0.15, 0.2) is 0 Å². The number of hydrogen-bond donors (Lipinski definition) is 1. The van der Waals surface area contributed by atoms with Crippen molar-refractivity contribution >= 4 is 38.8 Å². The molecule has 0 unspecified atom stereocenters. The third-order valence-electron chi connectivity index (χ3n) is 6.12. The number of piperazine rings is 1. The SMILES string of the molecule is COc1ccccc1N1CCN(CC(=O)Nc2ccc(-c3nc4ccc(C)cc4s3)cc2)CC1. The molecular formula is C27H28N4O2S. The molecule has 1 aliphatic rings. The van der Waals surface area contributed by atoms with Crippen molar-refractivity contribution in [3.63, 3.8) is 0 Å². The van der Waals surface area contributed by atoms with Gasteiger partial charge in [-0.2, -0.15) is 0 Å². The Labute approximate surface area is 203 Å². The predicted molar refractivity (Wildman–Crippen MR) is 140 cm³/mol. The number of amides is 1. The van der Waals surface area contributed by atoms with E-state index in [9.17, 15) is 4.79 Å². The number of ether oxygens (including phenoxy) is 1. The number of para-hydroxylation sites is 2. The van der Waals surface area contributed by atoms with Crippen LogP contribution >= 0.6 is 11.3 Å². The number of nitrogens with zero attached hydrogens (tertiary/aromatic N) is 3. The van der Waals surface area contributed by atoms with Crippen molar-refractivity contribution in [2.24, 2.45) is 0 Å². The van der Waals surface area contributed by atoms with E-state index < -0.39 is 0 Å². The van der Waals surface area contributed by atoms with E-state index in [0.717, 1.165) is 59.4 Å². The van der Waals surface area contributed by atoms with Gasteiger partial charge in [-0.25, -0.2) is 4.98 Å². The highest BCUT2D eigenvalue weighted by atomic mass is 32.1. The lowest BCUT2D eigenvalue weighted by atomic mass is 10.2. The van der Waals surface area contributed by atoms with E-state index in [2.05, 4.69) is 46.3 Å². The lowest BCUT2D eigenvalue weighted by Crippen LogP contribution is -2.48. The van der Waals surface area contributed by atoms with Gasteiger partial charge in [0.1, 0.15) is 10.8 Å². The third-order valence-corrected chi connectivity index (χ3v) is 7.19. The Morgan fingerprint density at radius 2 is 1.79 bits per heavy atom. The van der Waals surface area contributed by atoms with Gasteiger partial charge in [0.25, 0.3) is 0 Å². The zero-order valence-electron chi connectivity index (χ0n) is 19.5. The van der Waals surface area contributed by atoms with Crippen LogP contribution in [0.5, 0.6) is 5.75 Å². The van der Waals surface area contributed by atoms with Gasteiger partial charge in [-0.1, -0.05) is 18.2 Å². The lowest BCUT2D eigenvalue weighted by Gasteiger charge is -2.36. The van der Waals surface area contributed by atoms with E-state index in [4.69, 9.17) is 9.72 Å². The molecule has 0 bridgehead atoms. The van der Waals surface area contributed by atoms with Gasteiger partial charge in [0.05, 0.1) is 29.6 Å². The number of aryl methyl sites for hydroxylation is 1. The van der Waals surface area contributed by atoms with Crippen molar-refractivity contribution in [1.82, 2.24) is 9.88 Å². The molecule has 3 aromatic carbocycles. The molecule has 7 heteroatoms. The van der Waals surface area contributed by atoms with E-state index in [1.165, 1.54) is 10.3 Å². The van der Waals surface area contributed by atoms with E-state index in [1.54, 1.807) is 18.4 Å². The maximum Gasteiger partial charge on any atom is 0.238 e. The average molecular weight is 473 g/mol. The molecule has 1 aromatic heterocycles. The summed E-state index contributed by atoms with van der Waals surface area (Å²) in [6.45, 7) is 5.88. The Morgan fingerprint density at radius 1 is 1.03 bits per heavy atom. The molecular weight excluding hydrogens is 444 g/mol. The minimum absolute atomic E-state index is 0.00829. The smallest absolute Gasteiger partial charge is 0.238 e. The highest BCUT2D eigenvalue weighted by molar-refractivity contribution is 7.21. The van der Waals surface area contributed by atoms with Gasteiger partial charge in [-0.3, -0.25) is 9.69 Å². The van der Waals surface area contributed by atoms with Crippen LogP contribution < -0.4 is 15.0 Å². The third kappa shape index (κ3) is 4.90. The molecule has 0 spiro atoms. The van der Waals surface area contributed by atoms with Crippen molar-refractivity contribution in [2.45, 2.75) is 6.92 Å². The van der Waals surface area contributed by atoms with Gasteiger partial charge < -0.3 is 15.0 Å². The Kier molecular flexibility index (Phi) is 6.47. The number of carbonyl (C=O) groups excluding carboxylic acids is 1. The summed E-state index contributed by atoms with van der Waals surface area (Å²) in [4.78, 5) is 21.9. The summed E-state index contributed by atoms with van der Waals surface area (Å²) in [6.07, 6.45) is 0. The number of fused-ring (bicyclic) bond motifs is 1. The maximum absolute atomic E-state index is 12.6. The lowest BCUT2D eigenvalue weighted by molar-refractivity contribution is -0.117. The van der Waals surface area contributed by atoms with Crippen LogP contribution in [0.4, 0.5) is 11.4 Å². The largest absolute Gasteiger partial charge is 0.495 e. The fourth-order valence-electron chi connectivity index (χ4n) is 4.29. The van der Waals surface area contributed by atoms with Crippen LogP contribution in [0.15, 0.2) is 66.7 Å². The summed E-state index contributed by atoms with van der Waals surface area (Å²) in [5, 5.41) is 4.02. The number of carbonyl (C=O) groups is 1. The van der Waals surface area contributed by atoms with Crippen LogP contribution in [-0.2, 0) is 4.79 Å². The van der Waals surface area contributed by atoms with Crippen molar-refractivity contribution in [3.8, 4) is 16.3 Å². The van der Waals surface area contributed by atoms with Gasteiger partial charge in [-0.05, 0) is 61.0 Å². The van der Waals surface area contributed by atoms with E-state index >= 15 is 0 Å². The molecule has 0 radical (unpaired) electrons. The summed E-state index contributed by atoms with van der Waals surface area (Å²) in [7, 11) is 1.70. The molecule has 1 aliphatic heterocycles. The Hall–Kier alpha value is -3.42. The molecule has 4 aromatic rings. The zero-order valence-corrected chi connectivity index (χ0v) is 20.3. The highest BCUT2D eigenvalue weighted by Gasteiger charge is 2.21. The summed E-state index contributed by atoms with van der Waals surface area (Å²) >= 11 is 1.69. The highest BCUT2D eigenvalue weighted by Crippen LogP contribution is 2.31. The fraction of sp³-hybridized carbons (Fsp3) is 0.259. The maximum atomic E-state index is 12.6. The quantitative estimate of drug-likeness (QED) is 0.426. The first-order chi connectivity index (χ1) is 16.6. The first-order valence-electron chi connectivity index (χ1n) is 11.5. The van der Waals surface area contributed by atoms with Crippen molar-refractivity contribution in [1.29, 1.82) is 0 Å². The zero-order chi connectivity index (χ0) is 23.5. The number of thiazole rings is 1. The molecule has 0 atom stereocenters. The normalized spacial score (nSPS) is 14.4. The van der Waals surface area contributed by atoms with Crippen LogP contribution in [0.25, 0.3) is 20.8 Å². The van der Waals surface area contributed by atoms with Crippen LogP contribution in [0.2, 0.25) is 0 Å². The van der Waals surface area contributed by atoms with Crippen LogP contribution in [0, 0.1) is 6.92 Å². The van der Waals surface area contributed by atoms with E-state index in [-0.39, 0.29) is 5.91 Å². The molecule has 174 valence electrons. The Balaban J connectivity index is 1.15. The van der Waals surface area contributed by atoms with Gasteiger partial charge in [0, 0.05) is 37.4 Å². The van der Waals surface area contributed by atoms with E-state index in [0.29, 0.717) is 6.54 Å². The predicted octanol–water partition coefficient (Wildman–Crippen LogP) is 5.04. The summed E-state index contributed by atoms with van der Waals surface area (Å²) in [5.41, 5.74) is 5.23. The number of hydrogen-bond acceptors (Lipinski definition) is 6. The first kappa shape index (κ1) is 22.4. The number of methoxy groups -OCH3 is 1. The van der Waals surface area contributed by atoms with Crippen molar-refractivity contribution < 1.29 is 9.53 Å². The van der Waals surface area contributed by atoms with Gasteiger partial charge in [-0.15, -0.1) is 11.3 Å². The van der Waals surface area contributed by atoms with Crippen LogP contribution in [0.1, 0.15) is 5.56 Å². The van der Waals surface area contributed by atoms with Gasteiger partial charge in [0.2, 0.25) is 5.91 Å². The molecule has 1 saturated heterocycles. The van der Waals surface area contributed by atoms with Gasteiger partial charge >= 0.3 is 0 Å². The topological polar surface area (TPSA) is 57.7 Å². The minimum atomic E-state index is 0.00829. The van der Waals surface area contributed by atoms with E-state index in [1.807, 2.05) is 42.5 Å². The molecule has 34 heavy (non-hydrogen) atoms. The van der Waals surface area contributed by atoms with Crippen molar-refractivity contribution in [3.05, 3.63) is 72.3 Å². The van der Waals surface area contributed by atoms with Crippen molar-refractivity contribution in [2.75, 3.05) is 50.1 Å². The number of anilines is 2. The second-order valence-corrected chi connectivity index (χ2v) is 9.58. The summed E-state index contributed by atoms with van der Waals surface area (Å²) in [5.74, 6) is 0.895. The molecule has 6 nitrogen and oxygen atoms in total. The molecule has 5 rings (SSSR count). The number of benzene rings is 3. The number of rotatable bonds is 6. The molecule has 2 heterocycles. The van der Waals surface area contributed by atoms with Crippen LogP contribution in [-0.4, -0.2) is 55.6 Å². The Bertz CT molecular complexity index is 1290. The average Bonchev–Trinajstić information content (AvgIpc) is 3.28. The standard InChI is InChI=1S/C27H28N4O2S/c1-19-7-12-22-25(17-19)34-27(29-22)20-8-10-21(11-9-20)28-26(32)18-30-13-15-31(16-14-30)23-5-3-4-6-24(23)33-2/h3-12,17H,13-16,18H2,1-2H3,(H,28,32). The summed E-state index contributed by atoms with van der Waals surface area (Å²) in [6, 6.07) is 22.3. The number of aromatic nitrogens is 1. The molecule has 1 fully saturated rings. The fourth-order valence-corrected chi connectivity index (χ4v) is 5.36. The van der Waals surface area contributed by atoms with Crippen LogP contribution in [0.3, 0.4) is 0 Å². The molecule has 1 amide bonds. The second kappa shape index (κ2) is 9.83. The molecule has 1 N–H and O–H groups in total. The molecule has 0 saturated carbocycles. The monoisotopic (exact) mass is 472 g/mol. The minimum Gasteiger partial charge on any atom is -0.495 e. The number of nitrogens with one attached hydrogen (secondary N) is 1.